The van der Waals surface area contributed by atoms with Gasteiger partial charge >= 0.3 is 0 Å². The lowest BCUT2D eigenvalue weighted by Gasteiger charge is -2.08. The van der Waals surface area contributed by atoms with E-state index in [1.54, 1.807) is 13.8 Å². The predicted octanol–water partition coefficient (Wildman–Crippen LogP) is 3.04. The fourth-order valence-electron chi connectivity index (χ4n) is 1.49. The average Bonchev–Trinajstić information content (AvgIpc) is 2.33. The maximum Gasteiger partial charge on any atom is 0.257 e. The van der Waals surface area contributed by atoms with E-state index in [0.717, 1.165) is 18.2 Å². The van der Waals surface area contributed by atoms with Crippen LogP contribution in [0.2, 0.25) is 0 Å². The predicted molar refractivity (Wildman–Crippen MR) is 62.7 cm³/mol. The molecule has 1 heterocycles. The molecule has 0 unspecified atom stereocenters. The van der Waals surface area contributed by atoms with Gasteiger partial charge in [-0.05, 0) is 19.4 Å². The third-order valence-electron chi connectivity index (χ3n) is 2.58. The molecule has 2 rings (SSSR count). The summed E-state index contributed by atoms with van der Waals surface area (Å²) in [7, 11) is 0. The van der Waals surface area contributed by atoms with E-state index < -0.39 is 11.6 Å². The van der Waals surface area contributed by atoms with Gasteiger partial charge in [-0.3, -0.25) is 0 Å². The van der Waals surface area contributed by atoms with Crippen molar-refractivity contribution in [3.63, 3.8) is 0 Å². The van der Waals surface area contributed by atoms with E-state index in [4.69, 9.17) is 10.00 Å². The number of ether oxygens (including phenoxy) is 1. The normalized spacial score (nSPS) is 10.1. The molecule has 19 heavy (non-hydrogen) atoms. The van der Waals surface area contributed by atoms with E-state index in [1.165, 1.54) is 0 Å². The number of benzene rings is 1. The number of aryl methyl sites for hydroxylation is 1. The third kappa shape index (κ3) is 2.65. The molecule has 0 saturated heterocycles. The van der Waals surface area contributed by atoms with Crippen LogP contribution in [-0.2, 0) is 0 Å². The van der Waals surface area contributed by atoms with Gasteiger partial charge in [0.05, 0.1) is 5.69 Å². The Hall–Kier alpha value is -2.55. The van der Waals surface area contributed by atoms with Crippen molar-refractivity contribution in [2.24, 2.45) is 0 Å². The zero-order valence-corrected chi connectivity index (χ0v) is 10.2. The zero-order chi connectivity index (χ0) is 14.0. The Bertz CT molecular complexity index is 660. The monoisotopic (exact) mass is 261 g/mol. The lowest BCUT2D eigenvalue weighted by atomic mass is 10.1. The van der Waals surface area contributed by atoms with E-state index in [2.05, 4.69) is 10.2 Å². The van der Waals surface area contributed by atoms with E-state index in [9.17, 15) is 8.78 Å². The Morgan fingerprint density at radius 2 is 1.74 bits per heavy atom. The lowest BCUT2D eigenvalue weighted by Crippen LogP contribution is -2.00. The number of nitriles is 1. The van der Waals surface area contributed by atoms with Gasteiger partial charge in [0.15, 0.2) is 0 Å². The van der Waals surface area contributed by atoms with Crippen LogP contribution in [0.1, 0.15) is 16.8 Å². The summed E-state index contributed by atoms with van der Waals surface area (Å²) in [6.07, 6.45) is 0. The fraction of sp³-hybridized carbons (Fsp3) is 0.154. The van der Waals surface area contributed by atoms with Gasteiger partial charge in [0.1, 0.15) is 29.0 Å². The maximum atomic E-state index is 13.0. The van der Waals surface area contributed by atoms with Crippen molar-refractivity contribution in [1.29, 1.82) is 5.26 Å². The smallest absolute Gasteiger partial charge is 0.257 e. The molecule has 1 aromatic heterocycles. The van der Waals surface area contributed by atoms with Gasteiger partial charge in [-0.1, -0.05) is 0 Å². The van der Waals surface area contributed by atoms with Crippen molar-refractivity contribution in [1.82, 2.24) is 10.2 Å². The second-order valence-corrected chi connectivity index (χ2v) is 3.91. The molecule has 2 aromatic rings. The summed E-state index contributed by atoms with van der Waals surface area (Å²) in [5.41, 5.74) is 1.40. The zero-order valence-electron chi connectivity index (χ0n) is 10.2. The van der Waals surface area contributed by atoms with Gasteiger partial charge in [-0.25, -0.2) is 8.78 Å². The van der Waals surface area contributed by atoms with Crippen LogP contribution < -0.4 is 4.74 Å². The SMILES string of the molecule is Cc1nnc(Oc2cc(F)cc(F)c2)c(C#N)c1C. The standard InChI is InChI=1S/C13H9F2N3O/c1-7-8(2)17-18-13(12(7)6-16)19-11-4-9(14)3-10(15)5-11/h3-5H,1-2H3. The molecule has 0 spiro atoms. The molecule has 0 saturated carbocycles. The highest BCUT2D eigenvalue weighted by atomic mass is 19.1. The van der Waals surface area contributed by atoms with E-state index in [1.807, 2.05) is 6.07 Å². The number of nitrogens with zero attached hydrogens (tertiary/aromatic N) is 3. The highest BCUT2D eigenvalue weighted by molar-refractivity contribution is 5.46. The van der Waals surface area contributed by atoms with Crippen LogP contribution in [0.15, 0.2) is 18.2 Å². The van der Waals surface area contributed by atoms with E-state index in [-0.39, 0.29) is 17.2 Å². The Balaban J connectivity index is 2.44. The van der Waals surface area contributed by atoms with Gasteiger partial charge in [0, 0.05) is 18.2 Å². The molecule has 0 aliphatic heterocycles. The van der Waals surface area contributed by atoms with Crippen LogP contribution in [0.5, 0.6) is 11.6 Å². The summed E-state index contributed by atoms with van der Waals surface area (Å²) in [6, 6.07) is 4.67. The largest absolute Gasteiger partial charge is 0.436 e. The maximum absolute atomic E-state index is 13.0. The molecule has 96 valence electrons. The molecule has 0 aliphatic rings. The summed E-state index contributed by atoms with van der Waals surface area (Å²) >= 11 is 0. The fourth-order valence-corrected chi connectivity index (χ4v) is 1.49. The van der Waals surface area contributed by atoms with Crippen molar-refractivity contribution < 1.29 is 13.5 Å². The van der Waals surface area contributed by atoms with Crippen molar-refractivity contribution in [3.05, 3.63) is 46.7 Å². The molecule has 0 atom stereocenters. The first-order valence-corrected chi connectivity index (χ1v) is 5.39. The second-order valence-electron chi connectivity index (χ2n) is 3.91. The van der Waals surface area contributed by atoms with Gasteiger partial charge in [0.2, 0.25) is 0 Å². The summed E-state index contributed by atoms with van der Waals surface area (Å²) in [4.78, 5) is 0. The number of rotatable bonds is 2. The Kier molecular flexibility index (Phi) is 3.38. The molecule has 0 bridgehead atoms. The number of hydrogen-bond acceptors (Lipinski definition) is 4. The molecule has 0 radical (unpaired) electrons. The minimum Gasteiger partial charge on any atom is -0.436 e. The first-order valence-electron chi connectivity index (χ1n) is 5.39. The molecular formula is C13H9F2N3O. The number of halogens is 2. The van der Waals surface area contributed by atoms with E-state index >= 15 is 0 Å². The van der Waals surface area contributed by atoms with Gasteiger partial charge in [-0.2, -0.15) is 10.4 Å². The topological polar surface area (TPSA) is 58.8 Å². The first kappa shape index (κ1) is 12.9. The Morgan fingerprint density at radius 3 is 2.32 bits per heavy atom. The van der Waals surface area contributed by atoms with Crippen LogP contribution in [0.3, 0.4) is 0 Å². The Morgan fingerprint density at radius 1 is 1.11 bits per heavy atom. The van der Waals surface area contributed by atoms with Crippen LogP contribution in [0, 0.1) is 36.8 Å². The summed E-state index contributed by atoms with van der Waals surface area (Å²) in [5.74, 6) is -1.70. The molecular weight excluding hydrogens is 252 g/mol. The third-order valence-corrected chi connectivity index (χ3v) is 2.58. The molecule has 0 fully saturated rings. The van der Waals surface area contributed by atoms with Gasteiger partial charge in [0.25, 0.3) is 5.88 Å². The molecule has 0 amide bonds. The van der Waals surface area contributed by atoms with Gasteiger partial charge < -0.3 is 4.74 Å². The van der Waals surface area contributed by atoms with Crippen molar-refractivity contribution >= 4 is 0 Å². The Labute approximate surface area is 108 Å². The minimum atomic E-state index is -0.773. The van der Waals surface area contributed by atoms with Crippen molar-refractivity contribution in [3.8, 4) is 17.7 Å². The van der Waals surface area contributed by atoms with Crippen LogP contribution in [0.4, 0.5) is 8.78 Å². The first-order chi connectivity index (χ1) is 9.01. The highest BCUT2D eigenvalue weighted by Gasteiger charge is 2.13. The molecule has 0 aliphatic carbocycles. The second kappa shape index (κ2) is 4.98. The summed E-state index contributed by atoms with van der Waals surface area (Å²) in [6.45, 7) is 3.40. The van der Waals surface area contributed by atoms with E-state index in [0.29, 0.717) is 11.3 Å². The highest BCUT2D eigenvalue weighted by Crippen LogP contribution is 2.26. The van der Waals surface area contributed by atoms with Crippen LogP contribution >= 0.6 is 0 Å². The molecule has 1 aromatic carbocycles. The van der Waals surface area contributed by atoms with Crippen molar-refractivity contribution in [2.45, 2.75) is 13.8 Å². The average molecular weight is 261 g/mol. The van der Waals surface area contributed by atoms with Crippen molar-refractivity contribution in [2.75, 3.05) is 0 Å². The van der Waals surface area contributed by atoms with Crippen LogP contribution in [-0.4, -0.2) is 10.2 Å². The molecule has 0 N–H and O–H groups in total. The molecule has 6 heteroatoms. The number of aromatic nitrogens is 2. The quantitative estimate of drug-likeness (QED) is 0.833. The summed E-state index contributed by atoms with van der Waals surface area (Å²) < 4.78 is 31.3. The lowest BCUT2D eigenvalue weighted by molar-refractivity contribution is 0.441. The van der Waals surface area contributed by atoms with Crippen LogP contribution in [0.25, 0.3) is 0 Å². The molecule has 4 nitrogen and oxygen atoms in total. The summed E-state index contributed by atoms with van der Waals surface area (Å²) in [5, 5.41) is 16.6. The van der Waals surface area contributed by atoms with Gasteiger partial charge in [-0.15, -0.1) is 5.10 Å². The minimum absolute atomic E-state index is 0.0735. The number of hydrogen-bond donors (Lipinski definition) is 0.